The van der Waals surface area contributed by atoms with E-state index in [0.29, 0.717) is 4.47 Å². The predicted molar refractivity (Wildman–Crippen MR) is 82.3 cm³/mol. The van der Waals surface area contributed by atoms with Gasteiger partial charge in [0, 0.05) is 32.2 Å². The molecule has 0 amide bonds. The minimum Gasteiger partial charge on any atom is -0.394 e. The molecule has 2 N–H and O–H groups in total. The topological polar surface area (TPSA) is 78.6 Å². The van der Waals surface area contributed by atoms with Crippen LogP contribution >= 0.6 is 28.3 Å². The minimum absolute atomic E-state index is 0. The third-order valence-electron chi connectivity index (χ3n) is 3.32. The van der Waals surface area contributed by atoms with Crippen LogP contribution < -0.4 is 5.32 Å². The number of rotatable bonds is 4. The predicted octanol–water partition coefficient (Wildman–Crippen LogP) is 1.72. The first-order valence-corrected chi connectivity index (χ1v) is 6.92. The molecule has 20 heavy (non-hydrogen) atoms. The molecule has 0 aliphatic carbocycles. The first-order chi connectivity index (χ1) is 9.13. The molecule has 1 aromatic rings. The molecule has 1 aliphatic rings. The quantitative estimate of drug-likeness (QED) is 0.626. The molecule has 0 unspecified atom stereocenters. The first kappa shape index (κ1) is 17.3. The normalized spacial score (nSPS) is 17.3. The van der Waals surface area contributed by atoms with E-state index in [2.05, 4.69) is 26.1 Å². The molecule has 0 aromatic heterocycles. The molecular weight excluding hydrogens is 350 g/mol. The molecule has 8 heteroatoms. The molecular formula is C12H17BrClN3O3. The van der Waals surface area contributed by atoms with Gasteiger partial charge in [0.05, 0.1) is 22.0 Å². The lowest BCUT2D eigenvalue weighted by Crippen LogP contribution is -2.46. The Labute approximate surface area is 131 Å². The van der Waals surface area contributed by atoms with Crippen LogP contribution in [0, 0.1) is 10.1 Å². The zero-order chi connectivity index (χ0) is 13.8. The van der Waals surface area contributed by atoms with Crippen LogP contribution in [0.25, 0.3) is 0 Å². The van der Waals surface area contributed by atoms with Crippen molar-refractivity contribution < 1.29 is 10.0 Å². The van der Waals surface area contributed by atoms with Crippen LogP contribution in [0.2, 0.25) is 0 Å². The Bertz CT molecular complexity index is 469. The summed E-state index contributed by atoms with van der Waals surface area (Å²) >= 11 is 3.17. The molecule has 2 rings (SSSR count). The average Bonchev–Trinajstić information content (AvgIpc) is 2.42. The van der Waals surface area contributed by atoms with E-state index >= 15 is 0 Å². The number of nitrogens with one attached hydrogen (secondary N) is 1. The van der Waals surface area contributed by atoms with Crippen molar-refractivity contribution in [2.24, 2.45) is 0 Å². The zero-order valence-electron chi connectivity index (χ0n) is 10.8. The Hall–Kier alpha value is -0.730. The summed E-state index contributed by atoms with van der Waals surface area (Å²) in [5.74, 6) is 0. The summed E-state index contributed by atoms with van der Waals surface area (Å²) < 4.78 is 0.457. The summed E-state index contributed by atoms with van der Waals surface area (Å²) in [6.45, 7) is 3.35. The SMILES string of the molecule is Cl.O=[N+]([O-])c1cc([C@H](CO)N2CCNCC2)ccc1Br. The van der Waals surface area contributed by atoms with Gasteiger partial charge in [-0.25, -0.2) is 0 Å². The Morgan fingerprint density at radius 1 is 1.45 bits per heavy atom. The summed E-state index contributed by atoms with van der Waals surface area (Å²) in [6.07, 6.45) is 0. The molecule has 6 nitrogen and oxygen atoms in total. The van der Waals surface area contributed by atoms with Gasteiger partial charge in [-0.05, 0) is 27.6 Å². The highest BCUT2D eigenvalue weighted by Gasteiger charge is 2.23. The average molecular weight is 367 g/mol. The number of halogens is 2. The molecule has 0 saturated carbocycles. The van der Waals surface area contributed by atoms with Gasteiger partial charge in [-0.15, -0.1) is 12.4 Å². The van der Waals surface area contributed by atoms with Gasteiger partial charge >= 0.3 is 0 Å². The van der Waals surface area contributed by atoms with Crippen LogP contribution in [0.3, 0.4) is 0 Å². The third kappa shape index (κ3) is 3.89. The molecule has 1 saturated heterocycles. The number of piperazine rings is 1. The number of aliphatic hydroxyl groups is 1. The summed E-state index contributed by atoms with van der Waals surface area (Å²) in [6, 6.07) is 4.83. The van der Waals surface area contributed by atoms with E-state index in [1.54, 1.807) is 6.07 Å². The van der Waals surface area contributed by atoms with Gasteiger partial charge in [0.15, 0.2) is 0 Å². The molecule has 0 bridgehead atoms. The van der Waals surface area contributed by atoms with E-state index in [0.717, 1.165) is 31.7 Å². The maximum atomic E-state index is 11.0. The van der Waals surface area contributed by atoms with E-state index in [1.165, 1.54) is 6.07 Å². The second-order valence-corrected chi connectivity index (χ2v) is 5.31. The number of nitrogens with zero attached hydrogens (tertiary/aromatic N) is 2. The van der Waals surface area contributed by atoms with Gasteiger partial charge in [-0.3, -0.25) is 15.0 Å². The van der Waals surface area contributed by atoms with Crippen molar-refractivity contribution in [3.8, 4) is 0 Å². The largest absolute Gasteiger partial charge is 0.394 e. The van der Waals surface area contributed by atoms with Crippen LogP contribution in [0.1, 0.15) is 11.6 Å². The molecule has 1 aromatic carbocycles. The van der Waals surface area contributed by atoms with Gasteiger partial charge in [-0.2, -0.15) is 0 Å². The van der Waals surface area contributed by atoms with Crippen LogP contribution in [-0.2, 0) is 0 Å². The Morgan fingerprint density at radius 2 is 2.10 bits per heavy atom. The second kappa shape index (κ2) is 7.90. The summed E-state index contributed by atoms with van der Waals surface area (Å²) in [5.41, 5.74) is 0.811. The highest BCUT2D eigenvalue weighted by Crippen LogP contribution is 2.30. The van der Waals surface area contributed by atoms with Crippen molar-refractivity contribution >= 4 is 34.0 Å². The fraction of sp³-hybridized carbons (Fsp3) is 0.500. The number of benzene rings is 1. The monoisotopic (exact) mass is 365 g/mol. The third-order valence-corrected chi connectivity index (χ3v) is 3.99. The van der Waals surface area contributed by atoms with Crippen molar-refractivity contribution in [2.45, 2.75) is 6.04 Å². The molecule has 0 spiro atoms. The Kier molecular flexibility index (Phi) is 6.84. The number of hydrogen-bond donors (Lipinski definition) is 2. The van der Waals surface area contributed by atoms with E-state index in [-0.39, 0.29) is 30.7 Å². The number of hydrogen-bond acceptors (Lipinski definition) is 5. The van der Waals surface area contributed by atoms with Crippen LogP contribution in [0.4, 0.5) is 5.69 Å². The highest BCUT2D eigenvalue weighted by molar-refractivity contribution is 9.10. The molecule has 112 valence electrons. The highest BCUT2D eigenvalue weighted by atomic mass is 79.9. The standard InChI is InChI=1S/C12H16BrN3O3.ClH/c13-10-2-1-9(7-11(10)16(18)19)12(8-17)15-5-3-14-4-6-15;/h1-2,7,12,14,17H,3-6,8H2;1H/t12-;/m0./s1. The fourth-order valence-electron chi connectivity index (χ4n) is 2.30. The minimum atomic E-state index is -0.417. The molecule has 1 atom stereocenters. The summed E-state index contributed by atoms with van der Waals surface area (Å²) in [4.78, 5) is 12.7. The molecule has 1 aliphatic heterocycles. The van der Waals surface area contributed by atoms with E-state index in [1.807, 2.05) is 6.07 Å². The van der Waals surface area contributed by atoms with Crippen molar-refractivity contribution in [1.82, 2.24) is 10.2 Å². The lowest BCUT2D eigenvalue weighted by Gasteiger charge is -2.34. The van der Waals surface area contributed by atoms with Crippen molar-refractivity contribution in [3.63, 3.8) is 0 Å². The molecule has 1 heterocycles. The van der Waals surface area contributed by atoms with Crippen molar-refractivity contribution in [2.75, 3.05) is 32.8 Å². The Morgan fingerprint density at radius 3 is 2.65 bits per heavy atom. The lowest BCUT2D eigenvalue weighted by molar-refractivity contribution is -0.385. The van der Waals surface area contributed by atoms with E-state index in [9.17, 15) is 15.2 Å². The summed E-state index contributed by atoms with van der Waals surface area (Å²) in [7, 11) is 0. The van der Waals surface area contributed by atoms with Gasteiger partial charge in [0.2, 0.25) is 0 Å². The Balaban J connectivity index is 0.00000200. The van der Waals surface area contributed by atoms with Crippen LogP contribution in [0.5, 0.6) is 0 Å². The van der Waals surface area contributed by atoms with Gasteiger partial charge in [0.1, 0.15) is 0 Å². The number of aliphatic hydroxyl groups excluding tert-OH is 1. The van der Waals surface area contributed by atoms with E-state index < -0.39 is 4.92 Å². The van der Waals surface area contributed by atoms with Crippen LogP contribution in [0.15, 0.2) is 22.7 Å². The zero-order valence-corrected chi connectivity index (χ0v) is 13.2. The number of nitro groups is 1. The maximum Gasteiger partial charge on any atom is 0.283 e. The van der Waals surface area contributed by atoms with E-state index in [4.69, 9.17) is 0 Å². The molecule has 1 fully saturated rings. The second-order valence-electron chi connectivity index (χ2n) is 4.45. The van der Waals surface area contributed by atoms with Gasteiger partial charge in [0.25, 0.3) is 5.69 Å². The lowest BCUT2D eigenvalue weighted by atomic mass is 10.0. The fourth-order valence-corrected chi connectivity index (χ4v) is 2.69. The van der Waals surface area contributed by atoms with Crippen molar-refractivity contribution in [3.05, 3.63) is 38.3 Å². The molecule has 0 radical (unpaired) electrons. The first-order valence-electron chi connectivity index (χ1n) is 6.13. The van der Waals surface area contributed by atoms with Gasteiger partial charge in [-0.1, -0.05) is 6.07 Å². The van der Waals surface area contributed by atoms with Crippen LogP contribution in [-0.4, -0.2) is 47.7 Å². The number of nitro benzene ring substituents is 1. The smallest absolute Gasteiger partial charge is 0.283 e. The van der Waals surface area contributed by atoms with Gasteiger partial charge < -0.3 is 10.4 Å². The van der Waals surface area contributed by atoms with Crippen molar-refractivity contribution in [1.29, 1.82) is 0 Å². The summed E-state index contributed by atoms with van der Waals surface area (Å²) in [5, 5.41) is 23.8. The maximum absolute atomic E-state index is 11.0.